The van der Waals surface area contributed by atoms with E-state index in [9.17, 15) is 10.00 Å². The molecule has 28 heavy (non-hydrogen) atoms. The monoisotopic (exact) mass is 408 g/mol. The lowest BCUT2D eigenvalue weighted by atomic mass is 10.1. The van der Waals surface area contributed by atoms with E-state index in [2.05, 4.69) is 25.2 Å². The lowest BCUT2D eigenvalue weighted by Crippen LogP contribution is -2.45. The number of fused-ring (bicyclic) bond motifs is 2. The lowest BCUT2D eigenvalue weighted by molar-refractivity contribution is -0.0599. The third kappa shape index (κ3) is 2.94. The number of imidazole rings is 1. The molecule has 14 heteroatoms. The van der Waals surface area contributed by atoms with Crippen molar-refractivity contribution in [3.63, 3.8) is 0 Å². The normalized spacial score (nSPS) is 36.0. The minimum atomic E-state index is -3.47. The van der Waals surface area contributed by atoms with E-state index in [1.807, 2.05) is 0 Å². The molecule has 3 aliphatic rings. The molecule has 148 valence electrons. The molecule has 0 saturated carbocycles. The van der Waals surface area contributed by atoms with E-state index in [-0.39, 0.29) is 12.4 Å². The summed E-state index contributed by atoms with van der Waals surface area (Å²) in [5, 5.41) is 14.2. The average molecular weight is 408 g/mol. The Labute approximate surface area is 161 Å². The third-order valence-electron chi connectivity index (χ3n) is 5.15. The van der Waals surface area contributed by atoms with Gasteiger partial charge in [0.1, 0.15) is 25.1 Å². The van der Waals surface area contributed by atoms with Crippen LogP contribution in [-0.4, -0.2) is 88.2 Å². The number of nitrogens with zero attached hydrogens (tertiary/aromatic N) is 5. The van der Waals surface area contributed by atoms with Gasteiger partial charge in [-0.05, 0) is 0 Å². The van der Waals surface area contributed by atoms with Gasteiger partial charge in [0.15, 0.2) is 29.3 Å². The highest BCUT2D eigenvalue weighted by Gasteiger charge is 2.57. The second-order valence-electron chi connectivity index (χ2n) is 6.94. The fourth-order valence-corrected chi connectivity index (χ4v) is 4.85. The van der Waals surface area contributed by atoms with E-state index in [1.165, 1.54) is 6.33 Å². The zero-order valence-electron chi connectivity index (χ0n) is 14.9. The van der Waals surface area contributed by atoms with Gasteiger partial charge >= 0.3 is 15.4 Å². The second kappa shape index (κ2) is 6.73. The molecule has 5 rings (SSSR count). The van der Waals surface area contributed by atoms with Crippen LogP contribution in [0.15, 0.2) is 6.33 Å². The van der Waals surface area contributed by atoms with Gasteiger partial charge in [0.2, 0.25) is 5.95 Å². The Bertz CT molecular complexity index is 894. The van der Waals surface area contributed by atoms with Gasteiger partial charge in [0.25, 0.3) is 0 Å². The topological polar surface area (TPSA) is 153 Å². The first-order valence-electron chi connectivity index (χ1n) is 8.95. The van der Waals surface area contributed by atoms with Gasteiger partial charge in [-0.3, -0.25) is 4.57 Å². The fourth-order valence-electron chi connectivity index (χ4n) is 3.82. The molecule has 5 heterocycles. The summed E-state index contributed by atoms with van der Waals surface area (Å²) in [6.07, 6.45) is -2.04. The summed E-state index contributed by atoms with van der Waals surface area (Å²) >= 11 is 0. The maximum Gasteiger partial charge on any atom is 0.488 e. The summed E-state index contributed by atoms with van der Waals surface area (Å²) in [4.78, 5) is 25.0. The molecule has 3 fully saturated rings. The van der Waals surface area contributed by atoms with E-state index < -0.39 is 32.4 Å². The molecule has 2 unspecified atom stereocenters. The van der Waals surface area contributed by atoms with Crippen LogP contribution in [0.25, 0.3) is 11.2 Å². The van der Waals surface area contributed by atoms with Crippen LogP contribution in [-0.2, 0) is 13.8 Å². The maximum atomic E-state index is 10.9. The van der Waals surface area contributed by atoms with Crippen LogP contribution in [0.4, 0.5) is 11.8 Å². The molecule has 0 spiro atoms. The number of anilines is 2. The van der Waals surface area contributed by atoms with Crippen molar-refractivity contribution >= 4 is 38.3 Å². The summed E-state index contributed by atoms with van der Waals surface area (Å²) in [5.41, 5.74) is 6.88. The Balaban J connectivity index is 1.59. The van der Waals surface area contributed by atoms with Crippen molar-refractivity contribution in [3.05, 3.63) is 6.33 Å². The third-order valence-corrected chi connectivity index (χ3v) is 6.21. The van der Waals surface area contributed by atoms with Crippen LogP contribution in [0.5, 0.6) is 0 Å². The number of hydrogen-bond donors (Lipinski definition) is 4. The van der Waals surface area contributed by atoms with Crippen LogP contribution in [0, 0.1) is 0 Å². The van der Waals surface area contributed by atoms with Gasteiger partial charge < -0.3 is 25.8 Å². The Kier molecular flexibility index (Phi) is 4.43. The maximum absolute atomic E-state index is 10.9. The number of nitrogens with two attached hydrogens (primary N) is 1. The van der Waals surface area contributed by atoms with Crippen molar-refractivity contribution < 1.29 is 23.8 Å². The molecule has 5 atom stereocenters. The molecule has 2 aromatic rings. The molecule has 5 N–H and O–H groups in total. The van der Waals surface area contributed by atoms with Gasteiger partial charge in [-0.25, -0.2) is 19.8 Å². The highest BCUT2D eigenvalue weighted by molar-refractivity contribution is 7.85. The van der Waals surface area contributed by atoms with Crippen molar-refractivity contribution in [1.82, 2.24) is 24.8 Å². The number of aromatic nitrogens is 4. The predicted molar refractivity (Wildman–Crippen MR) is 100 cm³/mol. The van der Waals surface area contributed by atoms with Crippen LogP contribution < -0.4 is 16.0 Å². The Morgan fingerprint density at radius 2 is 2.11 bits per heavy atom. The minimum absolute atomic E-state index is 0.0196. The van der Waals surface area contributed by atoms with E-state index in [1.54, 1.807) is 4.57 Å². The predicted octanol–water partition coefficient (Wildman–Crippen LogP) is -1.67. The van der Waals surface area contributed by atoms with Crippen LogP contribution in [0.3, 0.4) is 0 Å². The molecule has 3 aliphatic heterocycles. The lowest BCUT2D eigenvalue weighted by Gasteiger charge is -2.30. The first-order valence-corrected chi connectivity index (χ1v) is 10.6. The van der Waals surface area contributed by atoms with Gasteiger partial charge in [-0.15, -0.1) is 0 Å². The molecule has 0 aromatic carbocycles. The number of aliphatic hydroxyl groups excluding tert-OH is 1. The number of rotatable bonds is 2. The number of ether oxygens (including phenoxy) is 1. The van der Waals surface area contributed by atoms with E-state index >= 15 is 0 Å². The first-order chi connectivity index (χ1) is 13.4. The summed E-state index contributed by atoms with van der Waals surface area (Å²) in [5.74, 6) is 0.817. The fraction of sp³-hybridized carbons (Fsp3) is 0.643. The number of piperazine rings is 1. The average Bonchev–Trinajstić information content (AvgIpc) is 3.21. The van der Waals surface area contributed by atoms with Gasteiger partial charge in [-0.2, -0.15) is 9.05 Å². The smallest absolute Gasteiger partial charge is 0.385 e. The Hall–Kier alpha value is -1.60. The van der Waals surface area contributed by atoms with Crippen molar-refractivity contribution in [2.24, 2.45) is 0 Å². The zero-order valence-corrected chi connectivity index (χ0v) is 15.8. The summed E-state index contributed by atoms with van der Waals surface area (Å²) in [7, 11) is 2.13. The first kappa shape index (κ1) is 18.4. The van der Waals surface area contributed by atoms with Crippen LogP contribution in [0.2, 0.25) is 0 Å². The second-order valence-corrected chi connectivity index (χ2v) is 8.53. The Morgan fingerprint density at radius 1 is 1.32 bits per heavy atom. The SMILES string of the molecule is [B][P+]1(O)OC[C@H]2O[C@@H](n3c(N4CCNCC4)nc4c(N)ncnc43)C(O)[C@@H]2O1. The number of aliphatic hydroxyl groups is 1. The molecule has 2 radical (unpaired) electrons. The number of nitrogen functional groups attached to an aromatic ring is 1. The van der Waals surface area contributed by atoms with Crippen molar-refractivity contribution in [1.29, 1.82) is 0 Å². The van der Waals surface area contributed by atoms with Crippen LogP contribution >= 0.6 is 7.82 Å². The molecule has 0 amide bonds. The van der Waals surface area contributed by atoms with Crippen molar-refractivity contribution in [2.75, 3.05) is 43.4 Å². The van der Waals surface area contributed by atoms with Crippen LogP contribution in [0.1, 0.15) is 6.23 Å². The van der Waals surface area contributed by atoms with Gasteiger partial charge in [0.05, 0.1) is 0 Å². The molecule has 12 nitrogen and oxygen atoms in total. The van der Waals surface area contributed by atoms with Crippen molar-refractivity contribution in [2.45, 2.75) is 24.5 Å². The molecule has 0 aliphatic carbocycles. The standard InChI is InChI=1S/C14H20BN7O5P/c15-28(24)25-5-7-10(27-28)9(23)13(26-7)22-12-8(11(16)18-6-19-12)20-14(22)21-3-1-17-2-4-21/h6-7,9-10,13,17,23-24H,1-5H2,(H2,16,18,19)/q+1/t7-,9?,10-,13-,28?/m1/s1. The minimum Gasteiger partial charge on any atom is -0.385 e. The number of nitrogens with one attached hydrogen (secondary N) is 1. The molecule has 2 aromatic heterocycles. The van der Waals surface area contributed by atoms with Gasteiger partial charge in [-0.1, -0.05) is 0 Å². The summed E-state index contributed by atoms with van der Waals surface area (Å²) in [6.45, 7) is 3.06. The highest BCUT2D eigenvalue weighted by Crippen LogP contribution is 2.58. The van der Waals surface area contributed by atoms with E-state index in [0.717, 1.165) is 26.2 Å². The quantitative estimate of drug-likeness (QED) is 0.333. The summed E-state index contributed by atoms with van der Waals surface area (Å²) < 4.78 is 18.3. The largest absolute Gasteiger partial charge is 0.488 e. The van der Waals surface area contributed by atoms with E-state index in [4.69, 9.17) is 27.1 Å². The molecular weight excluding hydrogens is 388 g/mol. The highest BCUT2D eigenvalue weighted by atomic mass is 31.2. The molecular formula is C14H20BN7O5P+. The van der Waals surface area contributed by atoms with Crippen molar-refractivity contribution in [3.8, 4) is 0 Å². The Morgan fingerprint density at radius 3 is 2.89 bits per heavy atom. The summed E-state index contributed by atoms with van der Waals surface area (Å²) in [6, 6.07) is 0. The number of hydrogen-bond acceptors (Lipinski definition) is 11. The molecule has 3 saturated heterocycles. The molecule has 0 bridgehead atoms. The zero-order chi connectivity index (χ0) is 19.5. The van der Waals surface area contributed by atoms with Gasteiger partial charge in [0, 0.05) is 26.2 Å². The van der Waals surface area contributed by atoms with E-state index in [0.29, 0.717) is 17.1 Å².